The Morgan fingerprint density at radius 2 is 2.20 bits per heavy atom. The lowest BCUT2D eigenvalue weighted by Gasteiger charge is -2.17. The van der Waals surface area contributed by atoms with Crippen molar-refractivity contribution in [1.82, 2.24) is 4.90 Å². The van der Waals surface area contributed by atoms with E-state index < -0.39 is 11.9 Å². The van der Waals surface area contributed by atoms with Crippen molar-refractivity contribution < 1.29 is 19.4 Å². The standard InChI is InChI=1S/C15H19NO4/c1-10-3-4-11(2)13(7-10)20-6-5-16-9-12(15(18)19)8-14(16)17/h3-4,7,12H,5-6,8-9H2,1-2H3,(H,18,19). The topological polar surface area (TPSA) is 66.8 Å². The van der Waals surface area contributed by atoms with Crippen LogP contribution in [0.2, 0.25) is 0 Å². The Morgan fingerprint density at radius 1 is 1.45 bits per heavy atom. The Kier molecular flexibility index (Phi) is 4.27. The zero-order valence-corrected chi connectivity index (χ0v) is 11.8. The lowest BCUT2D eigenvalue weighted by molar-refractivity contribution is -0.141. The number of aliphatic carboxylic acids is 1. The largest absolute Gasteiger partial charge is 0.491 e. The number of rotatable bonds is 5. The van der Waals surface area contributed by atoms with Crippen molar-refractivity contribution in [3.63, 3.8) is 0 Å². The van der Waals surface area contributed by atoms with Crippen LogP contribution in [0.5, 0.6) is 5.75 Å². The monoisotopic (exact) mass is 277 g/mol. The fourth-order valence-electron chi connectivity index (χ4n) is 2.28. The highest BCUT2D eigenvalue weighted by atomic mass is 16.5. The first-order valence-corrected chi connectivity index (χ1v) is 6.68. The van der Waals surface area contributed by atoms with E-state index in [-0.39, 0.29) is 18.9 Å². The zero-order valence-electron chi connectivity index (χ0n) is 11.8. The van der Waals surface area contributed by atoms with Gasteiger partial charge in [-0.3, -0.25) is 9.59 Å². The van der Waals surface area contributed by atoms with Crippen LogP contribution in [0, 0.1) is 19.8 Å². The SMILES string of the molecule is Cc1ccc(C)c(OCCN2CC(C(=O)O)CC2=O)c1. The maximum atomic E-state index is 11.7. The number of amides is 1. The van der Waals surface area contributed by atoms with Crippen LogP contribution in [0.15, 0.2) is 18.2 Å². The van der Waals surface area contributed by atoms with Crippen LogP contribution < -0.4 is 4.74 Å². The van der Waals surface area contributed by atoms with Crippen LogP contribution in [0.3, 0.4) is 0 Å². The Morgan fingerprint density at radius 3 is 2.85 bits per heavy atom. The molecule has 1 saturated heterocycles. The lowest BCUT2D eigenvalue weighted by atomic mass is 10.1. The van der Waals surface area contributed by atoms with E-state index in [0.29, 0.717) is 13.2 Å². The molecule has 5 heteroatoms. The Balaban J connectivity index is 1.86. The fourth-order valence-corrected chi connectivity index (χ4v) is 2.28. The van der Waals surface area contributed by atoms with E-state index >= 15 is 0 Å². The summed E-state index contributed by atoms with van der Waals surface area (Å²) in [5.41, 5.74) is 2.17. The summed E-state index contributed by atoms with van der Waals surface area (Å²) in [5, 5.41) is 8.91. The lowest BCUT2D eigenvalue weighted by Crippen LogP contribution is -2.30. The third-order valence-electron chi connectivity index (χ3n) is 3.53. The molecule has 0 radical (unpaired) electrons. The van der Waals surface area contributed by atoms with Gasteiger partial charge in [0.2, 0.25) is 5.91 Å². The van der Waals surface area contributed by atoms with Gasteiger partial charge < -0.3 is 14.7 Å². The van der Waals surface area contributed by atoms with Gasteiger partial charge in [-0.2, -0.15) is 0 Å². The van der Waals surface area contributed by atoms with Crippen LogP contribution in [-0.4, -0.2) is 41.6 Å². The van der Waals surface area contributed by atoms with E-state index in [1.807, 2.05) is 32.0 Å². The highest BCUT2D eigenvalue weighted by Gasteiger charge is 2.33. The minimum Gasteiger partial charge on any atom is -0.491 e. The maximum Gasteiger partial charge on any atom is 0.308 e. The van der Waals surface area contributed by atoms with Gasteiger partial charge in [-0.05, 0) is 31.0 Å². The summed E-state index contributed by atoms with van der Waals surface area (Å²) in [5.74, 6) is -0.784. The second kappa shape index (κ2) is 5.94. The Hall–Kier alpha value is -2.04. The molecular formula is C15H19NO4. The van der Waals surface area contributed by atoms with Crippen molar-refractivity contribution in [1.29, 1.82) is 0 Å². The number of carbonyl (C=O) groups excluding carboxylic acids is 1. The van der Waals surface area contributed by atoms with E-state index in [2.05, 4.69) is 0 Å². The van der Waals surface area contributed by atoms with Crippen molar-refractivity contribution in [3.8, 4) is 5.75 Å². The number of hydrogen-bond donors (Lipinski definition) is 1. The summed E-state index contributed by atoms with van der Waals surface area (Å²) >= 11 is 0. The molecule has 1 aliphatic rings. The van der Waals surface area contributed by atoms with Crippen molar-refractivity contribution in [2.75, 3.05) is 19.7 Å². The first-order valence-electron chi connectivity index (χ1n) is 6.68. The molecule has 1 aromatic carbocycles. The number of nitrogens with zero attached hydrogens (tertiary/aromatic N) is 1. The molecule has 1 fully saturated rings. The van der Waals surface area contributed by atoms with Gasteiger partial charge in [0, 0.05) is 13.0 Å². The van der Waals surface area contributed by atoms with Crippen molar-refractivity contribution >= 4 is 11.9 Å². The second-order valence-corrected chi connectivity index (χ2v) is 5.20. The molecule has 1 N–H and O–H groups in total. The van der Waals surface area contributed by atoms with Gasteiger partial charge in [-0.15, -0.1) is 0 Å². The zero-order chi connectivity index (χ0) is 14.7. The molecule has 1 unspecified atom stereocenters. The summed E-state index contributed by atoms with van der Waals surface area (Å²) in [4.78, 5) is 24.1. The molecule has 0 spiro atoms. The number of benzene rings is 1. The molecule has 1 atom stereocenters. The van der Waals surface area contributed by atoms with E-state index in [4.69, 9.17) is 9.84 Å². The normalized spacial score (nSPS) is 18.4. The van der Waals surface area contributed by atoms with E-state index in [0.717, 1.165) is 16.9 Å². The highest BCUT2D eigenvalue weighted by molar-refractivity contribution is 5.86. The van der Waals surface area contributed by atoms with Gasteiger partial charge in [0.1, 0.15) is 12.4 Å². The molecule has 1 heterocycles. The molecule has 108 valence electrons. The third kappa shape index (κ3) is 3.29. The van der Waals surface area contributed by atoms with Crippen molar-refractivity contribution in [3.05, 3.63) is 29.3 Å². The number of aryl methyl sites for hydroxylation is 2. The quantitative estimate of drug-likeness (QED) is 0.888. The van der Waals surface area contributed by atoms with Gasteiger partial charge in [0.25, 0.3) is 0 Å². The van der Waals surface area contributed by atoms with Crippen molar-refractivity contribution in [2.45, 2.75) is 20.3 Å². The van der Waals surface area contributed by atoms with Gasteiger partial charge in [0.05, 0.1) is 12.5 Å². The molecule has 2 rings (SSSR count). The molecule has 20 heavy (non-hydrogen) atoms. The summed E-state index contributed by atoms with van der Waals surface area (Å²) in [7, 11) is 0. The number of carboxylic acids is 1. The van der Waals surface area contributed by atoms with E-state index in [1.165, 1.54) is 0 Å². The number of hydrogen-bond acceptors (Lipinski definition) is 3. The first-order chi connectivity index (χ1) is 9.47. The summed E-state index contributed by atoms with van der Waals surface area (Å²) in [6, 6.07) is 5.97. The second-order valence-electron chi connectivity index (χ2n) is 5.20. The minimum absolute atomic E-state index is 0.0960. The average molecular weight is 277 g/mol. The molecular weight excluding hydrogens is 258 g/mol. The minimum atomic E-state index is -0.906. The highest BCUT2D eigenvalue weighted by Crippen LogP contribution is 2.20. The predicted octanol–water partition coefficient (Wildman–Crippen LogP) is 1.62. The maximum absolute atomic E-state index is 11.7. The number of likely N-dealkylation sites (tertiary alicyclic amines) is 1. The number of carboxylic acid groups (broad SMARTS) is 1. The van der Waals surface area contributed by atoms with Gasteiger partial charge in [-0.1, -0.05) is 12.1 Å². The number of carbonyl (C=O) groups is 2. The van der Waals surface area contributed by atoms with Crippen LogP contribution in [-0.2, 0) is 9.59 Å². The summed E-state index contributed by atoms with van der Waals surface area (Å²) in [6.45, 7) is 5.05. The Bertz CT molecular complexity index is 527. The van der Waals surface area contributed by atoms with Gasteiger partial charge in [-0.25, -0.2) is 0 Å². The summed E-state index contributed by atoms with van der Waals surface area (Å²) < 4.78 is 5.68. The molecule has 5 nitrogen and oxygen atoms in total. The smallest absolute Gasteiger partial charge is 0.308 e. The van der Waals surface area contributed by atoms with Gasteiger partial charge in [0.15, 0.2) is 0 Å². The number of ether oxygens (including phenoxy) is 1. The molecule has 1 aromatic rings. The molecule has 0 saturated carbocycles. The molecule has 1 aliphatic heterocycles. The molecule has 1 amide bonds. The first kappa shape index (κ1) is 14.4. The summed E-state index contributed by atoms with van der Waals surface area (Å²) in [6.07, 6.45) is 0.0960. The molecule has 0 aliphatic carbocycles. The molecule has 0 bridgehead atoms. The molecule has 0 aromatic heterocycles. The predicted molar refractivity (Wildman–Crippen MR) is 73.7 cm³/mol. The van der Waals surface area contributed by atoms with Crippen molar-refractivity contribution in [2.24, 2.45) is 5.92 Å². The van der Waals surface area contributed by atoms with Crippen LogP contribution in [0.4, 0.5) is 0 Å². The van der Waals surface area contributed by atoms with Gasteiger partial charge >= 0.3 is 5.97 Å². The van der Waals surface area contributed by atoms with Crippen LogP contribution in [0.25, 0.3) is 0 Å². The van der Waals surface area contributed by atoms with E-state index in [9.17, 15) is 9.59 Å². The average Bonchev–Trinajstić information content (AvgIpc) is 2.76. The van der Waals surface area contributed by atoms with E-state index in [1.54, 1.807) is 4.90 Å². The third-order valence-corrected chi connectivity index (χ3v) is 3.53. The van der Waals surface area contributed by atoms with Crippen LogP contribution in [0.1, 0.15) is 17.5 Å². The fraction of sp³-hybridized carbons (Fsp3) is 0.467. The Labute approximate surface area is 118 Å². The van der Waals surface area contributed by atoms with Crippen LogP contribution >= 0.6 is 0 Å².